The molecule has 0 atom stereocenters. The fourth-order valence-electron chi connectivity index (χ4n) is 1.28. The molecule has 0 aliphatic carbocycles. The molecule has 0 aliphatic heterocycles. The molecule has 0 spiro atoms. The summed E-state index contributed by atoms with van der Waals surface area (Å²) in [6.07, 6.45) is 4.92. The van der Waals surface area contributed by atoms with Gasteiger partial charge in [-0.15, -0.1) is 5.10 Å². The first-order chi connectivity index (χ1) is 9.16. The van der Waals surface area contributed by atoms with Gasteiger partial charge in [-0.25, -0.2) is 0 Å². The van der Waals surface area contributed by atoms with Crippen molar-refractivity contribution in [3.63, 3.8) is 0 Å². The Morgan fingerprint density at radius 3 is 2.68 bits per heavy atom. The van der Waals surface area contributed by atoms with Gasteiger partial charge >= 0.3 is 0 Å². The van der Waals surface area contributed by atoms with Crippen LogP contribution in [0.2, 0.25) is 10.0 Å². The third-order valence-electron chi connectivity index (χ3n) is 2.19. The third kappa shape index (κ3) is 4.03. The van der Waals surface area contributed by atoms with Gasteiger partial charge in [0, 0.05) is 23.5 Å². The fraction of sp³-hybridized carbons (Fsp3) is 0. The Labute approximate surface area is 125 Å². The highest BCUT2D eigenvalue weighted by molar-refractivity contribution is 6.69. The van der Waals surface area contributed by atoms with E-state index >= 15 is 0 Å². The summed E-state index contributed by atoms with van der Waals surface area (Å²) in [6, 6.07) is 8.68. The van der Waals surface area contributed by atoms with E-state index in [1.54, 1.807) is 36.8 Å². The van der Waals surface area contributed by atoms with Gasteiger partial charge in [-0.3, -0.25) is 4.98 Å². The van der Waals surface area contributed by atoms with E-state index in [-0.39, 0.29) is 5.17 Å². The molecule has 0 unspecified atom stereocenters. The van der Waals surface area contributed by atoms with Crippen molar-refractivity contribution in [2.45, 2.75) is 0 Å². The number of pyridine rings is 1. The van der Waals surface area contributed by atoms with Gasteiger partial charge in [-0.05, 0) is 18.2 Å². The topological polar surface area (TPSA) is 37.6 Å². The second-order valence-electron chi connectivity index (χ2n) is 3.55. The first-order valence-corrected chi connectivity index (χ1v) is 6.42. The lowest BCUT2D eigenvalue weighted by molar-refractivity contribution is 1.25. The molecule has 0 saturated heterocycles. The lowest BCUT2D eigenvalue weighted by atomic mass is 10.2. The zero-order valence-corrected chi connectivity index (χ0v) is 11.9. The van der Waals surface area contributed by atoms with Gasteiger partial charge < -0.3 is 0 Å². The maximum Gasteiger partial charge on any atom is 0.158 e. The van der Waals surface area contributed by atoms with Crippen LogP contribution >= 0.6 is 34.8 Å². The van der Waals surface area contributed by atoms with Crippen molar-refractivity contribution >= 4 is 46.2 Å². The number of nitrogens with zero attached hydrogens (tertiary/aromatic N) is 3. The van der Waals surface area contributed by atoms with E-state index in [2.05, 4.69) is 15.2 Å². The third-order valence-corrected chi connectivity index (χ3v) is 3.23. The number of halogens is 3. The van der Waals surface area contributed by atoms with Crippen molar-refractivity contribution in [3.8, 4) is 0 Å². The van der Waals surface area contributed by atoms with Crippen molar-refractivity contribution in [3.05, 3.63) is 63.9 Å². The molecular formula is C13H8Cl3N3. The van der Waals surface area contributed by atoms with Crippen LogP contribution in [0.5, 0.6) is 0 Å². The molecule has 2 rings (SSSR count). The first kappa shape index (κ1) is 14.0. The number of aromatic nitrogens is 1. The van der Waals surface area contributed by atoms with Crippen molar-refractivity contribution in [2.75, 3.05) is 0 Å². The van der Waals surface area contributed by atoms with Gasteiger partial charge in [-0.2, -0.15) is 5.10 Å². The Morgan fingerprint density at radius 2 is 2.00 bits per heavy atom. The molecule has 0 N–H and O–H groups in total. The largest absolute Gasteiger partial charge is 0.264 e. The van der Waals surface area contributed by atoms with Gasteiger partial charge in [0.2, 0.25) is 0 Å². The van der Waals surface area contributed by atoms with E-state index in [9.17, 15) is 0 Å². The van der Waals surface area contributed by atoms with Crippen LogP contribution in [-0.4, -0.2) is 16.4 Å². The number of hydrogen-bond acceptors (Lipinski definition) is 3. The van der Waals surface area contributed by atoms with Crippen molar-refractivity contribution in [2.24, 2.45) is 10.2 Å². The van der Waals surface area contributed by atoms with Crippen molar-refractivity contribution < 1.29 is 0 Å². The van der Waals surface area contributed by atoms with Crippen LogP contribution in [0.25, 0.3) is 0 Å². The first-order valence-electron chi connectivity index (χ1n) is 5.29. The average molecular weight is 313 g/mol. The molecule has 0 radical (unpaired) electrons. The molecule has 6 heteroatoms. The molecule has 0 amide bonds. The molecule has 2 aromatic rings. The summed E-state index contributed by atoms with van der Waals surface area (Å²) in [5.74, 6) is 0. The maximum atomic E-state index is 6.02. The molecule has 0 fully saturated rings. The molecule has 19 heavy (non-hydrogen) atoms. The Morgan fingerprint density at radius 1 is 1.16 bits per heavy atom. The molecule has 3 nitrogen and oxygen atoms in total. The average Bonchev–Trinajstić information content (AvgIpc) is 2.43. The predicted molar refractivity (Wildman–Crippen MR) is 80.7 cm³/mol. The maximum absolute atomic E-state index is 6.02. The summed E-state index contributed by atoms with van der Waals surface area (Å²) in [4.78, 5) is 3.96. The summed E-state index contributed by atoms with van der Waals surface area (Å²) in [7, 11) is 0. The minimum atomic E-state index is 0.235. The molecule has 0 saturated carbocycles. The molecule has 1 aromatic heterocycles. The Balaban J connectivity index is 2.15. The van der Waals surface area contributed by atoms with Gasteiger partial charge in [-0.1, -0.05) is 46.9 Å². The highest BCUT2D eigenvalue weighted by Crippen LogP contribution is 2.23. The van der Waals surface area contributed by atoms with E-state index in [0.29, 0.717) is 15.6 Å². The smallest absolute Gasteiger partial charge is 0.158 e. The van der Waals surface area contributed by atoms with Crippen LogP contribution in [-0.2, 0) is 0 Å². The molecule has 96 valence electrons. The van der Waals surface area contributed by atoms with E-state index in [1.807, 2.05) is 12.1 Å². The summed E-state index contributed by atoms with van der Waals surface area (Å²) in [5, 5.41) is 8.89. The summed E-state index contributed by atoms with van der Waals surface area (Å²) in [6.45, 7) is 0. The highest BCUT2D eigenvalue weighted by atomic mass is 35.5. The van der Waals surface area contributed by atoms with Crippen LogP contribution in [0.3, 0.4) is 0 Å². The summed E-state index contributed by atoms with van der Waals surface area (Å²) < 4.78 is 0. The number of benzene rings is 1. The Hall–Kier alpha value is -1.42. The molecule has 1 heterocycles. The van der Waals surface area contributed by atoms with Crippen LogP contribution in [0.15, 0.2) is 52.9 Å². The van der Waals surface area contributed by atoms with Crippen LogP contribution < -0.4 is 0 Å². The predicted octanol–water partition coefficient (Wildman–Crippen LogP) is 4.41. The SMILES string of the molecule is Cl/C(=N/N=C/c1cccnc1)c1ccc(Cl)c(Cl)c1. The van der Waals surface area contributed by atoms with E-state index < -0.39 is 0 Å². The zero-order chi connectivity index (χ0) is 13.7. The molecular weight excluding hydrogens is 305 g/mol. The van der Waals surface area contributed by atoms with Gasteiger partial charge in [0.05, 0.1) is 16.3 Å². The lowest BCUT2D eigenvalue weighted by Gasteiger charge is -1.99. The number of hydrogen-bond donors (Lipinski definition) is 0. The minimum absolute atomic E-state index is 0.235. The van der Waals surface area contributed by atoms with Gasteiger partial charge in [0.15, 0.2) is 5.17 Å². The highest BCUT2D eigenvalue weighted by Gasteiger charge is 2.03. The van der Waals surface area contributed by atoms with Gasteiger partial charge in [0.1, 0.15) is 0 Å². The van der Waals surface area contributed by atoms with Crippen LogP contribution in [0.1, 0.15) is 11.1 Å². The van der Waals surface area contributed by atoms with Crippen LogP contribution in [0.4, 0.5) is 0 Å². The minimum Gasteiger partial charge on any atom is -0.264 e. The van der Waals surface area contributed by atoms with Crippen LogP contribution in [0, 0.1) is 0 Å². The molecule has 0 bridgehead atoms. The standard InChI is InChI=1S/C13H8Cl3N3/c14-11-4-3-10(6-12(11)15)13(16)19-18-8-9-2-1-5-17-7-9/h1-8H/b18-8+,19-13+. The zero-order valence-electron chi connectivity index (χ0n) is 9.59. The second-order valence-corrected chi connectivity index (χ2v) is 4.72. The Bertz CT molecular complexity index is 624. The number of rotatable bonds is 3. The Kier molecular flexibility index (Phi) is 4.91. The summed E-state index contributed by atoms with van der Waals surface area (Å²) in [5.41, 5.74) is 1.49. The quantitative estimate of drug-likeness (QED) is 0.611. The van der Waals surface area contributed by atoms with E-state index in [4.69, 9.17) is 34.8 Å². The normalized spacial score (nSPS) is 12.1. The van der Waals surface area contributed by atoms with E-state index in [0.717, 1.165) is 5.56 Å². The fourth-order valence-corrected chi connectivity index (χ4v) is 1.74. The van der Waals surface area contributed by atoms with Crippen molar-refractivity contribution in [1.29, 1.82) is 0 Å². The van der Waals surface area contributed by atoms with E-state index in [1.165, 1.54) is 0 Å². The molecule has 1 aromatic carbocycles. The monoisotopic (exact) mass is 311 g/mol. The van der Waals surface area contributed by atoms with Gasteiger partial charge in [0.25, 0.3) is 0 Å². The molecule has 0 aliphatic rings. The summed E-state index contributed by atoms with van der Waals surface area (Å²) >= 11 is 17.7. The second kappa shape index (κ2) is 6.66. The van der Waals surface area contributed by atoms with Crippen molar-refractivity contribution in [1.82, 2.24) is 4.98 Å². The lowest BCUT2D eigenvalue weighted by Crippen LogP contribution is -1.90.